The second-order valence-corrected chi connectivity index (χ2v) is 4.64. The molecule has 96 valence electrons. The van der Waals surface area contributed by atoms with Gasteiger partial charge in [0.05, 0.1) is 6.10 Å². The maximum Gasteiger partial charge on any atom is 0.165 e. The highest BCUT2D eigenvalue weighted by atomic mass is 19.1. The van der Waals surface area contributed by atoms with Crippen molar-refractivity contribution in [1.29, 1.82) is 0 Å². The van der Waals surface area contributed by atoms with Crippen molar-refractivity contribution in [2.45, 2.75) is 52.2 Å². The maximum atomic E-state index is 13.7. The van der Waals surface area contributed by atoms with Gasteiger partial charge in [0.25, 0.3) is 0 Å². The number of aryl methyl sites for hydroxylation is 1. The van der Waals surface area contributed by atoms with Crippen molar-refractivity contribution in [3.05, 3.63) is 29.6 Å². The van der Waals surface area contributed by atoms with Gasteiger partial charge < -0.3 is 10.5 Å². The lowest BCUT2D eigenvalue weighted by atomic mass is 10.0. The Kier molecular flexibility index (Phi) is 5.42. The molecule has 0 bridgehead atoms. The van der Waals surface area contributed by atoms with E-state index in [0.29, 0.717) is 5.75 Å². The monoisotopic (exact) mass is 239 g/mol. The number of ether oxygens (including phenoxy) is 1. The zero-order chi connectivity index (χ0) is 12.8. The fourth-order valence-electron chi connectivity index (χ4n) is 1.61. The van der Waals surface area contributed by atoms with Crippen LogP contribution in [-0.2, 0) is 6.42 Å². The molecule has 0 aliphatic carbocycles. The molecule has 1 atom stereocenters. The predicted octanol–water partition coefficient (Wildman–Crippen LogP) is 3.28. The summed E-state index contributed by atoms with van der Waals surface area (Å²) in [6, 6.07) is 5.34. The van der Waals surface area contributed by atoms with Crippen molar-refractivity contribution >= 4 is 0 Å². The van der Waals surface area contributed by atoms with Crippen LogP contribution in [0.25, 0.3) is 0 Å². The number of benzene rings is 1. The molecule has 3 heteroatoms. The molecule has 1 rings (SSSR count). The van der Waals surface area contributed by atoms with Gasteiger partial charge in [-0.25, -0.2) is 4.39 Å². The van der Waals surface area contributed by atoms with E-state index >= 15 is 0 Å². The maximum absolute atomic E-state index is 13.7. The van der Waals surface area contributed by atoms with Crippen LogP contribution in [0.5, 0.6) is 5.75 Å². The van der Waals surface area contributed by atoms with Gasteiger partial charge >= 0.3 is 0 Å². The normalized spacial score (nSPS) is 12.8. The van der Waals surface area contributed by atoms with Gasteiger partial charge in [0.1, 0.15) is 0 Å². The third-order valence-corrected chi connectivity index (χ3v) is 2.69. The minimum Gasteiger partial charge on any atom is -0.488 e. The molecule has 0 amide bonds. The van der Waals surface area contributed by atoms with Crippen molar-refractivity contribution in [1.82, 2.24) is 0 Å². The molecule has 0 saturated carbocycles. The lowest BCUT2D eigenvalue weighted by Crippen LogP contribution is -2.19. The first-order valence-electron chi connectivity index (χ1n) is 6.23. The first-order chi connectivity index (χ1) is 8.02. The Balaban J connectivity index is 2.62. The van der Waals surface area contributed by atoms with E-state index in [9.17, 15) is 4.39 Å². The Morgan fingerprint density at radius 1 is 1.35 bits per heavy atom. The largest absolute Gasteiger partial charge is 0.488 e. The third-order valence-electron chi connectivity index (χ3n) is 2.69. The lowest BCUT2D eigenvalue weighted by Gasteiger charge is -2.12. The third kappa shape index (κ3) is 4.73. The second kappa shape index (κ2) is 6.60. The Morgan fingerprint density at radius 2 is 2.06 bits per heavy atom. The van der Waals surface area contributed by atoms with Gasteiger partial charge in [0, 0.05) is 6.04 Å². The molecule has 2 nitrogen and oxygen atoms in total. The van der Waals surface area contributed by atoms with Crippen LogP contribution < -0.4 is 10.5 Å². The average molecular weight is 239 g/mol. The fraction of sp³-hybridized carbons (Fsp3) is 0.571. The zero-order valence-corrected chi connectivity index (χ0v) is 10.9. The quantitative estimate of drug-likeness (QED) is 0.826. The predicted molar refractivity (Wildman–Crippen MR) is 68.8 cm³/mol. The molecule has 0 radical (unpaired) electrons. The standard InChI is InChI=1S/C14H22FNO/c1-4-12(16)7-5-11-6-8-14(13(15)9-11)17-10(2)3/h6,8-10,12H,4-5,7,16H2,1-3H3. The Bertz CT molecular complexity index is 352. The highest BCUT2D eigenvalue weighted by molar-refractivity contribution is 5.29. The van der Waals surface area contributed by atoms with E-state index in [1.807, 2.05) is 19.9 Å². The lowest BCUT2D eigenvalue weighted by molar-refractivity contribution is 0.231. The zero-order valence-electron chi connectivity index (χ0n) is 10.9. The van der Waals surface area contributed by atoms with Gasteiger partial charge in [-0.2, -0.15) is 0 Å². The topological polar surface area (TPSA) is 35.2 Å². The molecular weight excluding hydrogens is 217 g/mol. The molecule has 1 aromatic rings. The highest BCUT2D eigenvalue weighted by Gasteiger charge is 2.07. The summed E-state index contributed by atoms with van der Waals surface area (Å²) in [7, 11) is 0. The molecule has 0 aliphatic rings. The summed E-state index contributed by atoms with van der Waals surface area (Å²) in [6.45, 7) is 5.83. The Hall–Kier alpha value is -1.09. The summed E-state index contributed by atoms with van der Waals surface area (Å²) in [5.74, 6) is 0.0322. The van der Waals surface area contributed by atoms with Crippen LogP contribution >= 0.6 is 0 Å². The summed E-state index contributed by atoms with van der Waals surface area (Å²) >= 11 is 0. The SMILES string of the molecule is CCC(N)CCc1ccc(OC(C)C)c(F)c1. The van der Waals surface area contributed by atoms with E-state index in [4.69, 9.17) is 10.5 Å². The summed E-state index contributed by atoms with van der Waals surface area (Å²) < 4.78 is 19.0. The highest BCUT2D eigenvalue weighted by Crippen LogP contribution is 2.20. The van der Waals surface area contributed by atoms with Crippen LogP contribution in [0.1, 0.15) is 39.2 Å². The van der Waals surface area contributed by atoms with Crippen LogP contribution in [0.4, 0.5) is 4.39 Å². The molecule has 0 saturated heterocycles. The molecule has 0 aliphatic heterocycles. The number of hydrogen-bond acceptors (Lipinski definition) is 2. The minimum atomic E-state index is -0.290. The van der Waals surface area contributed by atoms with Crippen molar-refractivity contribution in [2.75, 3.05) is 0 Å². The summed E-state index contributed by atoms with van der Waals surface area (Å²) in [5, 5.41) is 0. The van der Waals surface area contributed by atoms with E-state index in [1.54, 1.807) is 12.1 Å². The molecule has 0 spiro atoms. The summed E-state index contributed by atoms with van der Waals surface area (Å²) in [4.78, 5) is 0. The van der Waals surface area contributed by atoms with E-state index in [-0.39, 0.29) is 18.0 Å². The molecule has 2 N–H and O–H groups in total. The fourth-order valence-corrected chi connectivity index (χ4v) is 1.61. The van der Waals surface area contributed by atoms with Gasteiger partial charge in [0.15, 0.2) is 11.6 Å². The van der Waals surface area contributed by atoms with Crippen LogP contribution in [0.15, 0.2) is 18.2 Å². The summed E-state index contributed by atoms with van der Waals surface area (Å²) in [5.41, 5.74) is 6.81. The minimum absolute atomic E-state index is 0.0103. The molecule has 0 aromatic heterocycles. The first kappa shape index (κ1) is 14.0. The number of halogens is 1. The van der Waals surface area contributed by atoms with Crippen LogP contribution in [0, 0.1) is 5.82 Å². The van der Waals surface area contributed by atoms with Gasteiger partial charge in [-0.1, -0.05) is 13.0 Å². The van der Waals surface area contributed by atoms with E-state index < -0.39 is 0 Å². The van der Waals surface area contributed by atoms with Crippen LogP contribution in [0.3, 0.4) is 0 Å². The van der Waals surface area contributed by atoms with Gasteiger partial charge in [-0.15, -0.1) is 0 Å². The second-order valence-electron chi connectivity index (χ2n) is 4.64. The molecular formula is C14H22FNO. The number of hydrogen-bond donors (Lipinski definition) is 1. The smallest absolute Gasteiger partial charge is 0.165 e. The van der Waals surface area contributed by atoms with Gasteiger partial charge in [-0.3, -0.25) is 0 Å². The van der Waals surface area contributed by atoms with Crippen LogP contribution in [-0.4, -0.2) is 12.1 Å². The van der Waals surface area contributed by atoms with Gasteiger partial charge in [-0.05, 0) is 50.8 Å². The Morgan fingerprint density at radius 3 is 2.59 bits per heavy atom. The van der Waals surface area contributed by atoms with Crippen molar-refractivity contribution in [3.8, 4) is 5.75 Å². The molecule has 1 unspecified atom stereocenters. The number of rotatable bonds is 6. The molecule has 0 fully saturated rings. The first-order valence-corrected chi connectivity index (χ1v) is 6.23. The van der Waals surface area contributed by atoms with E-state index in [2.05, 4.69) is 6.92 Å². The van der Waals surface area contributed by atoms with Crippen LogP contribution in [0.2, 0.25) is 0 Å². The average Bonchev–Trinajstić information content (AvgIpc) is 2.28. The molecule has 17 heavy (non-hydrogen) atoms. The number of nitrogens with two attached hydrogens (primary N) is 1. The van der Waals surface area contributed by atoms with Gasteiger partial charge in [0.2, 0.25) is 0 Å². The van der Waals surface area contributed by atoms with Crippen molar-refractivity contribution in [2.24, 2.45) is 5.73 Å². The van der Waals surface area contributed by atoms with E-state index in [1.165, 1.54) is 0 Å². The molecule has 1 aromatic carbocycles. The van der Waals surface area contributed by atoms with Crippen molar-refractivity contribution < 1.29 is 9.13 Å². The Labute approximate surface area is 103 Å². The van der Waals surface area contributed by atoms with Crippen molar-refractivity contribution in [3.63, 3.8) is 0 Å². The summed E-state index contributed by atoms with van der Waals surface area (Å²) in [6.07, 6.45) is 2.65. The molecule has 0 heterocycles. The van der Waals surface area contributed by atoms with E-state index in [0.717, 1.165) is 24.8 Å².